The number of carbonyl (C=O) groups excluding carboxylic acids is 1. The number of aromatic carboxylic acids is 1. The van der Waals surface area contributed by atoms with E-state index in [0.29, 0.717) is 17.5 Å². The molecule has 0 radical (unpaired) electrons. The lowest BCUT2D eigenvalue weighted by molar-refractivity contribution is 0.0699. The third-order valence-electron chi connectivity index (χ3n) is 3.22. The second-order valence-corrected chi connectivity index (χ2v) is 5.13. The molecule has 0 fully saturated rings. The van der Waals surface area contributed by atoms with Gasteiger partial charge in [0.1, 0.15) is 0 Å². The van der Waals surface area contributed by atoms with E-state index >= 15 is 0 Å². The molecule has 0 aliphatic heterocycles. The van der Waals surface area contributed by atoms with Crippen molar-refractivity contribution in [3.8, 4) is 0 Å². The number of hydrogen-bond acceptors (Lipinski definition) is 2. The van der Waals surface area contributed by atoms with Crippen molar-refractivity contribution in [1.29, 1.82) is 0 Å². The third-order valence-corrected chi connectivity index (χ3v) is 3.22. The van der Waals surface area contributed by atoms with E-state index in [1.165, 1.54) is 11.0 Å². The largest absolute Gasteiger partial charge is 0.478 e. The van der Waals surface area contributed by atoms with Gasteiger partial charge in [0.05, 0.1) is 5.56 Å². The lowest BCUT2D eigenvalue weighted by atomic mass is 9.98. The molecule has 4 nitrogen and oxygen atoms in total. The van der Waals surface area contributed by atoms with Crippen molar-refractivity contribution in [1.82, 2.24) is 4.90 Å². The molecule has 21 heavy (non-hydrogen) atoms. The molecule has 0 saturated heterocycles. The predicted octanol–water partition coefficient (Wildman–Crippen LogP) is 3.19. The van der Waals surface area contributed by atoms with Crippen molar-refractivity contribution in [2.24, 2.45) is 0 Å². The van der Waals surface area contributed by atoms with Crippen LogP contribution in [0.4, 0.5) is 0 Å². The Morgan fingerprint density at radius 1 is 1.14 bits per heavy atom. The molecule has 0 aliphatic rings. The van der Waals surface area contributed by atoms with E-state index in [2.05, 4.69) is 6.58 Å². The maximum absolute atomic E-state index is 12.6. The fourth-order valence-electron chi connectivity index (χ4n) is 2.38. The topological polar surface area (TPSA) is 57.6 Å². The first-order valence-corrected chi connectivity index (χ1v) is 6.56. The zero-order valence-corrected chi connectivity index (χ0v) is 12.1. The standard InChI is InChI=1S/C17H17NO3/c1-11(2)10-18(3)16(19)13-8-4-6-12-7-5-9-14(15(12)13)17(20)21/h4-9H,1,10H2,2-3H3,(H,20,21). The molecule has 0 aliphatic carbocycles. The van der Waals surface area contributed by atoms with Crippen LogP contribution in [0, 0.1) is 0 Å². The van der Waals surface area contributed by atoms with E-state index in [1.807, 2.05) is 6.92 Å². The van der Waals surface area contributed by atoms with Crippen LogP contribution in [-0.2, 0) is 0 Å². The summed E-state index contributed by atoms with van der Waals surface area (Å²) in [5.41, 5.74) is 1.40. The maximum atomic E-state index is 12.6. The molecular weight excluding hydrogens is 266 g/mol. The highest BCUT2D eigenvalue weighted by molar-refractivity contribution is 6.14. The molecule has 4 heteroatoms. The Bertz CT molecular complexity index is 729. The first kappa shape index (κ1) is 14.8. The quantitative estimate of drug-likeness (QED) is 0.877. The molecule has 108 valence electrons. The lowest BCUT2D eigenvalue weighted by Crippen LogP contribution is -2.28. The van der Waals surface area contributed by atoms with Crippen LogP contribution in [0.15, 0.2) is 48.6 Å². The van der Waals surface area contributed by atoms with E-state index < -0.39 is 5.97 Å². The Kier molecular flexibility index (Phi) is 4.08. The van der Waals surface area contributed by atoms with Crippen LogP contribution < -0.4 is 0 Å². The lowest BCUT2D eigenvalue weighted by Gasteiger charge is -2.18. The molecular formula is C17H17NO3. The minimum Gasteiger partial charge on any atom is -0.478 e. The summed E-state index contributed by atoms with van der Waals surface area (Å²) in [5, 5.41) is 10.6. The number of likely N-dealkylation sites (N-methyl/N-ethyl adjacent to an activating group) is 1. The van der Waals surface area contributed by atoms with Crippen molar-refractivity contribution in [2.75, 3.05) is 13.6 Å². The van der Waals surface area contributed by atoms with Gasteiger partial charge in [-0.1, -0.05) is 36.4 Å². The molecule has 0 spiro atoms. The van der Waals surface area contributed by atoms with Gasteiger partial charge in [0.2, 0.25) is 0 Å². The van der Waals surface area contributed by atoms with Gasteiger partial charge in [-0.3, -0.25) is 4.79 Å². The number of carboxylic acid groups (broad SMARTS) is 1. The van der Waals surface area contributed by atoms with E-state index in [4.69, 9.17) is 0 Å². The van der Waals surface area contributed by atoms with Crippen LogP contribution >= 0.6 is 0 Å². The Hall–Kier alpha value is -2.62. The van der Waals surface area contributed by atoms with Gasteiger partial charge in [-0.25, -0.2) is 4.79 Å². The summed E-state index contributed by atoms with van der Waals surface area (Å²) in [4.78, 5) is 25.5. The van der Waals surface area contributed by atoms with E-state index in [9.17, 15) is 14.7 Å². The number of nitrogens with zero attached hydrogens (tertiary/aromatic N) is 1. The first-order valence-electron chi connectivity index (χ1n) is 6.56. The second kappa shape index (κ2) is 5.79. The third kappa shape index (κ3) is 2.94. The summed E-state index contributed by atoms with van der Waals surface area (Å²) in [6.45, 7) is 6.07. The maximum Gasteiger partial charge on any atom is 0.336 e. The fraction of sp³-hybridized carbons (Fsp3) is 0.176. The van der Waals surface area contributed by atoms with Gasteiger partial charge in [-0.2, -0.15) is 0 Å². The molecule has 2 rings (SSSR count). The predicted molar refractivity (Wildman–Crippen MR) is 82.7 cm³/mol. The number of carboxylic acids is 1. The summed E-state index contributed by atoms with van der Waals surface area (Å²) in [5.74, 6) is -1.25. The molecule has 1 N–H and O–H groups in total. The summed E-state index contributed by atoms with van der Waals surface area (Å²) in [6.07, 6.45) is 0. The highest BCUT2D eigenvalue weighted by Crippen LogP contribution is 2.24. The van der Waals surface area contributed by atoms with Crippen molar-refractivity contribution in [3.05, 3.63) is 59.7 Å². The highest BCUT2D eigenvalue weighted by Gasteiger charge is 2.18. The number of rotatable bonds is 4. The van der Waals surface area contributed by atoms with Gasteiger partial charge in [0.15, 0.2) is 0 Å². The molecule has 0 unspecified atom stereocenters. The minimum absolute atomic E-state index is 0.139. The van der Waals surface area contributed by atoms with Crippen LogP contribution in [0.5, 0.6) is 0 Å². The number of fused-ring (bicyclic) bond motifs is 1. The van der Waals surface area contributed by atoms with Gasteiger partial charge in [0, 0.05) is 24.5 Å². The highest BCUT2D eigenvalue weighted by atomic mass is 16.4. The Morgan fingerprint density at radius 2 is 1.71 bits per heavy atom. The molecule has 2 aromatic rings. The Balaban J connectivity index is 2.61. The zero-order valence-electron chi connectivity index (χ0n) is 12.1. The van der Waals surface area contributed by atoms with Gasteiger partial charge < -0.3 is 10.0 Å². The minimum atomic E-state index is -1.04. The molecule has 0 heterocycles. The number of carbonyl (C=O) groups is 2. The summed E-state index contributed by atoms with van der Waals surface area (Å²) < 4.78 is 0. The molecule has 1 amide bonds. The zero-order chi connectivity index (χ0) is 15.6. The summed E-state index contributed by atoms with van der Waals surface area (Å²) >= 11 is 0. The number of amides is 1. The second-order valence-electron chi connectivity index (χ2n) is 5.13. The average molecular weight is 283 g/mol. The van der Waals surface area contributed by atoms with Crippen LogP contribution in [0.2, 0.25) is 0 Å². The van der Waals surface area contributed by atoms with Crippen molar-refractivity contribution in [2.45, 2.75) is 6.92 Å². The molecule has 2 aromatic carbocycles. The number of benzene rings is 2. The van der Waals surface area contributed by atoms with E-state index in [0.717, 1.165) is 11.0 Å². The Morgan fingerprint density at radius 3 is 2.24 bits per heavy atom. The fourth-order valence-corrected chi connectivity index (χ4v) is 2.38. The van der Waals surface area contributed by atoms with Crippen LogP contribution in [0.1, 0.15) is 27.6 Å². The first-order chi connectivity index (χ1) is 9.91. The molecule has 0 atom stereocenters. The van der Waals surface area contributed by atoms with Gasteiger partial charge in [-0.05, 0) is 24.4 Å². The summed E-state index contributed by atoms with van der Waals surface area (Å²) in [7, 11) is 1.68. The van der Waals surface area contributed by atoms with E-state index in [1.54, 1.807) is 37.4 Å². The summed E-state index contributed by atoms with van der Waals surface area (Å²) in [6, 6.07) is 10.2. The van der Waals surface area contributed by atoms with Crippen molar-refractivity contribution >= 4 is 22.6 Å². The van der Waals surface area contributed by atoms with Crippen molar-refractivity contribution < 1.29 is 14.7 Å². The van der Waals surface area contributed by atoms with Crippen LogP contribution in [0.3, 0.4) is 0 Å². The molecule has 0 aromatic heterocycles. The van der Waals surface area contributed by atoms with Crippen molar-refractivity contribution in [3.63, 3.8) is 0 Å². The normalized spacial score (nSPS) is 10.4. The molecule has 0 bridgehead atoms. The average Bonchev–Trinajstić information content (AvgIpc) is 2.44. The molecule has 0 saturated carbocycles. The van der Waals surface area contributed by atoms with Gasteiger partial charge in [-0.15, -0.1) is 0 Å². The van der Waals surface area contributed by atoms with Crippen LogP contribution in [0.25, 0.3) is 10.8 Å². The van der Waals surface area contributed by atoms with E-state index in [-0.39, 0.29) is 11.5 Å². The smallest absolute Gasteiger partial charge is 0.336 e. The Labute approximate surface area is 123 Å². The van der Waals surface area contributed by atoms with Crippen LogP contribution in [-0.4, -0.2) is 35.5 Å². The van der Waals surface area contributed by atoms with Gasteiger partial charge in [0.25, 0.3) is 5.91 Å². The number of hydrogen-bond donors (Lipinski definition) is 1. The SMILES string of the molecule is C=C(C)CN(C)C(=O)c1cccc2cccc(C(=O)O)c12. The van der Waals surface area contributed by atoms with Gasteiger partial charge >= 0.3 is 5.97 Å². The monoisotopic (exact) mass is 283 g/mol.